The Balaban J connectivity index is 1.86. The molecule has 0 unspecified atom stereocenters. The summed E-state index contributed by atoms with van der Waals surface area (Å²) in [4.78, 5) is 11.7. The molecule has 3 rings (SSSR count). The number of carbonyl (C=O) groups excluding carboxylic acids is 1. The van der Waals surface area contributed by atoms with Gasteiger partial charge in [0, 0.05) is 10.4 Å². The lowest BCUT2D eigenvalue weighted by Crippen LogP contribution is -2.37. The van der Waals surface area contributed by atoms with Crippen LogP contribution in [-0.2, 0) is 4.79 Å². The van der Waals surface area contributed by atoms with Gasteiger partial charge >= 0.3 is 0 Å². The van der Waals surface area contributed by atoms with Gasteiger partial charge in [-0.05, 0) is 47.9 Å². The van der Waals surface area contributed by atoms with E-state index in [2.05, 4.69) is 5.32 Å². The van der Waals surface area contributed by atoms with Crippen LogP contribution in [0.1, 0.15) is 12.8 Å². The first-order valence-electron chi connectivity index (χ1n) is 5.25. The molecule has 0 atom stereocenters. The largest absolute Gasteiger partial charge is 0.324 e. The summed E-state index contributed by atoms with van der Waals surface area (Å²) >= 11 is 1.70. The van der Waals surface area contributed by atoms with Crippen LogP contribution in [0.3, 0.4) is 0 Å². The molecule has 0 aliphatic heterocycles. The molecule has 1 aromatic carbocycles. The maximum absolute atomic E-state index is 11.7. The Hall–Kier alpha value is -1.39. The minimum Gasteiger partial charge on any atom is -0.324 e. The molecule has 1 saturated carbocycles. The van der Waals surface area contributed by atoms with Gasteiger partial charge in [0.2, 0.25) is 5.91 Å². The molecule has 4 heteroatoms. The summed E-state index contributed by atoms with van der Waals surface area (Å²) in [6.45, 7) is 0. The highest BCUT2D eigenvalue weighted by atomic mass is 32.1. The van der Waals surface area contributed by atoms with Crippen molar-refractivity contribution in [2.45, 2.75) is 18.4 Å². The molecular formula is C12H12N2OS. The van der Waals surface area contributed by atoms with Gasteiger partial charge in [-0.25, -0.2) is 0 Å². The molecule has 3 nitrogen and oxygen atoms in total. The number of thiophene rings is 1. The molecule has 16 heavy (non-hydrogen) atoms. The lowest BCUT2D eigenvalue weighted by molar-refractivity contribution is -0.118. The zero-order valence-corrected chi connectivity index (χ0v) is 9.51. The van der Waals surface area contributed by atoms with Crippen LogP contribution >= 0.6 is 11.3 Å². The van der Waals surface area contributed by atoms with Crippen molar-refractivity contribution in [1.82, 2.24) is 0 Å². The molecule has 1 aromatic heterocycles. The van der Waals surface area contributed by atoms with Gasteiger partial charge in [0.1, 0.15) is 0 Å². The first kappa shape index (κ1) is 9.81. The second kappa shape index (κ2) is 3.30. The predicted molar refractivity (Wildman–Crippen MR) is 66.6 cm³/mol. The van der Waals surface area contributed by atoms with Crippen molar-refractivity contribution in [3.8, 4) is 0 Å². The van der Waals surface area contributed by atoms with Crippen molar-refractivity contribution < 1.29 is 4.79 Å². The van der Waals surface area contributed by atoms with E-state index in [9.17, 15) is 4.79 Å². The second-order valence-electron chi connectivity index (χ2n) is 4.28. The monoisotopic (exact) mass is 232 g/mol. The average molecular weight is 232 g/mol. The molecular weight excluding hydrogens is 220 g/mol. The predicted octanol–water partition coefficient (Wildman–Crippen LogP) is 2.33. The molecule has 0 radical (unpaired) electrons. The van der Waals surface area contributed by atoms with Gasteiger partial charge in [0.05, 0.1) is 5.54 Å². The highest BCUT2D eigenvalue weighted by Gasteiger charge is 2.45. The van der Waals surface area contributed by atoms with Crippen LogP contribution in [0.15, 0.2) is 29.6 Å². The average Bonchev–Trinajstić information content (AvgIpc) is 2.87. The highest BCUT2D eigenvalue weighted by Crippen LogP contribution is 2.33. The van der Waals surface area contributed by atoms with Crippen molar-refractivity contribution in [2.24, 2.45) is 5.73 Å². The van der Waals surface area contributed by atoms with E-state index in [1.165, 1.54) is 4.70 Å². The molecule has 1 heterocycles. The molecule has 1 aliphatic carbocycles. The fraction of sp³-hybridized carbons (Fsp3) is 0.250. The van der Waals surface area contributed by atoms with Crippen LogP contribution in [0, 0.1) is 0 Å². The van der Waals surface area contributed by atoms with Crippen LogP contribution in [0.4, 0.5) is 5.69 Å². The molecule has 3 N–H and O–H groups in total. The van der Waals surface area contributed by atoms with E-state index in [-0.39, 0.29) is 5.91 Å². The number of hydrogen-bond acceptors (Lipinski definition) is 3. The number of anilines is 1. The zero-order valence-electron chi connectivity index (χ0n) is 8.69. The standard InChI is InChI=1S/C12H12N2OS/c13-12(4-5-12)11(15)14-9-1-2-10-8(7-9)3-6-16-10/h1-3,6-7H,4-5,13H2,(H,14,15). The van der Waals surface area contributed by atoms with Crippen molar-refractivity contribution in [3.63, 3.8) is 0 Å². The number of carbonyl (C=O) groups is 1. The van der Waals surface area contributed by atoms with Gasteiger partial charge < -0.3 is 11.1 Å². The third-order valence-corrected chi connectivity index (χ3v) is 3.85. The van der Waals surface area contributed by atoms with Crippen molar-refractivity contribution in [2.75, 3.05) is 5.32 Å². The number of nitrogens with two attached hydrogens (primary N) is 1. The lowest BCUT2D eigenvalue weighted by atomic mass is 10.2. The third kappa shape index (κ3) is 1.60. The molecule has 2 aromatic rings. The molecule has 1 aliphatic rings. The van der Waals surface area contributed by atoms with E-state index in [4.69, 9.17) is 5.73 Å². The van der Waals surface area contributed by atoms with E-state index >= 15 is 0 Å². The Kier molecular flexibility index (Phi) is 2.02. The van der Waals surface area contributed by atoms with Crippen molar-refractivity contribution >= 4 is 33.0 Å². The third-order valence-electron chi connectivity index (χ3n) is 2.95. The van der Waals surface area contributed by atoms with E-state index in [0.717, 1.165) is 23.9 Å². The Morgan fingerprint density at radius 1 is 1.38 bits per heavy atom. The van der Waals surface area contributed by atoms with Gasteiger partial charge in [-0.2, -0.15) is 0 Å². The molecule has 0 saturated heterocycles. The van der Waals surface area contributed by atoms with Crippen LogP contribution in [-0.4, -0.2) is 11.4 Å². The zero-order chi connectivity index (χ0) is 11.2. The second-order valence-corrected chi connectivity index (χ2v) is 5.23. The summed E-state index contributed by atoms with van der Waals surface area (Å²) in [5.41, 5.74) is 6.04. The van der Waals surface area contributed by atoms with Crippen LogP contribution < -0.4 is 11.1 Å². The maximum Gasteiger partial charge on any atom is 0.244 e. The number of hydrogen-bond donors (Lipinski definition) is 2. The van der Waals surface area contributed by atoms with Crippen LogP contribution in [0.25, 0.3) is 10.1 Å². The van der Waals surface area contributed by atoms with E-state index < -0.39 is 5.54 Å². The summed E-state index contributed by atoms with van der Waals surface area (Å²) in [6.07, 6.45) is 1.58. The first-order chi connectivity index (χ1) is 7.67. The quantitative estimate of drug-likeness (QED) is 0.835. The van der Waals surface area contributed by atoms with Gasteiger partial charge in [-0.3, -0.25) is 4.79 Å². The SMILES string of the molecule is NC1(C(=O)Nc2ccc3sccc3c2)CC1. The summed E-state index contributed by atoms with van der Waals surface area (Å²) in [6, 6.07) is 7.97. The fourth-order valence-electron chi connectivity index (χ4n) is 1.66. The van der Waals surface area contributed by atoms with Gasteiger partial charge in [-0.15, -0.1) is 11.3 Å². The minimum absolute atomic E-state index is 0.0675. The summed E-state index contributed by atoms with van der Waals surface area (Å²) in [7, 11) is 0. The number of fused-ring (bicyclic) bond motifs is 1. The number of benzene rings is 1. The van der Waals surface area contributed by atoms with E-state index in [1.807, 2.05) is 29.6 Å². The minimum atomic E-state index is -0.608. The summed E-state index contributed by atoms with van der Waals surface area (Å²) < 4.78 is 1.23. The summed E-state index contributed by atoms with van der Waals surface area (Å²) in [5.74, 6) is -0.0675. The Labute approximate surface area is 97.3 Å². The van der Waals surface area contributed by atoms with Crippen molar-refractivity contribution in [1.29, 1.82) is 0 Å². The van der Waals surface area contributed by atoms with Gasteiger partial charge in [0.15, 0.2) is 0 Å². The smallest absolute Gasteiger partial charge is 0.244 e. The molecule has 82 valence electrons. The van der Waals surface area contributed by atoms with Crippen LogP contribution in [0.2, 0.25) is 0 Å². The van der Waals surface area contributed by atoms with Crippen LogP contribution in [0.5, 0.6) is 0 Å². The van der Waals surface area contributed by atoms with Gasteiger partial charge in [-0.1, -0.05) is 0 Å². The maximum atomic E-state index is 11.7. The highest BCUT2D eigenvalue weighted by molar-refractivity contribution is 7.17. The Morgan fingerprint density at radius 2 is 2.19 bits per heavy atom. The molecule has 0 bridgehead atoms. The molecule has 0 spiro atoms. The first-order valence-corrected chi connectivity index (χ1v) is 6.13. The fourth-order valence-corrected chi connectivity index (χ4v) is 2.43. The lowest BCUT2D eigenvalue weighted by Gasteiger charge is -2.09. The normalized spacial score (nSPS) is 17.3. The van der Waals surface area contributed by atoms with Gasteiger partial charge in [0.25, 0.3) is 0 Å². The molecule has 1 amide bonds. The number of nitrogens with one attached hydrogen (secondary N) is 1. The van der Waals surface area contributed by atoms with Crippen molar-refractivity contribution in [3.05, 3.63) is 29.6 Å². The van der Waals surface area contributed by atoms with E-state index in [1.54, 1.807) is 11.3 Å². The number of rotatable bonds is 2. The van der Waals surface area contributed by atoms with E-state index in [0.29, 0.717) is 0 Å². The number of amides is 1. The topological polar surface area (TPSA) is 55.1 Å². The Morgan fingerprint density at radius 3 is 2.94 bits per heavy atom. The molecule has 1 fully saturated rings. The Bertz CT molecular complexity index is 557. The summed E-state index contributed by atoms with van der Waals surface area (Å²) in [5, 5.41) is 6.07.